The summed E-state index contributed by atoms with van der Waals surface area (Å²) < 4.78 is 1.02. The van der Waals surface area contributed by atoms with E-state index in [2.05, 4.69) is 33.9 Å². The Hall–Kier alpha value is -1.21. The smallest absolute Gasteiger partial charge is 0.241 e. The second kappa shape index (κ2) is 8.59. The van der Waals surface area contributed by atoms with Crippen LogP contribution in [-0.2, 0) is 9.59 Å². The van der Waals surface area contributed by atoms with Gasteiger partial charge in [-0.25, -0.2) is 0 Å². The summed E-state index contributed by atoms with van der Waals surface area (Å²) in [4.78, 5) is 27.7. The van der Waals surface area contributed by atoms with E-state index in [1.807, 2.05) is 34.9 Å². The van der Waals surface area contributed by atoms with Gasteiger partial charge in [-0.1, -0.05) is 15.9 Å². The van der Waals surface area contributed by atoms with E-state index in [0.29, 0.717) is 38.4 Å². The van der Waals surface area contributed by atoms with E-state index in [1.165, 1.54) is 0 Å². The molecule has 0 aromatic heterocycles. The lowest BCUT2D eigenvalue weighted by atomic mass is 10.2. The zero-order chi connectivity index (χ0) is 16.8. The molecule has 1 fully saturated rings. The molecule has 23 heavy (non-hydrogen) atoms. The highest BCUT2D eigenvalue weighted by atomic mass is 79.9. The third-order valence-corrected chi connectivity index (χ3v) is 4.65. The van der Waals surface area contributed by atoms with Gasteiger partial charge >= 0.3 is 0 Å². The molecule has 0 bridgehead atoms. The number of carbonyl (C=O) groups excluding carboxylic acids is 2. The number of carbonyl (C=O) groups is 2. The minimum absolute atomic E-state index is 0.0635. The van der Waals surface area contributed by atoms with Gasteiger partial charge in [-0.05, 0) is 36.4 Å². The minimum atomic E-state index is 0.0635. The van der Waals surface area contributed by atoms with E-state index >= 15 is 0 Å². The molecule has 1 saturated heterocycles. The standard InChI is InChI=1S/C16H22BrN3O2S/c1-12-10-13(17)2-3-14(12)18-11-16(22)20-7-5-19(6-8-20)15(21)4-9-23/h2-3,10,18,23H,4-9,11H2,1H3. The lowest BCUT2D eigenvalue weighted by Gasteiger charge is -2.35. The zero-order valence-electron chi connectivity index (χ0n) is 13.2. The number of anilines is 1. The number of rotatable bonds is 5. The second-order valence-corrected chi connectivity index (χ2v) is 6.91. The summed E-state index contributed by atoms with van der Waals surface area (Å²) in [6.07, 6.45) is 0.460. The topological polar surface area (TPSA) is 52.7 Å². The summed E-state index contributed by atoms with van der Waals surface area (Å²) in [6, 6.07) is 5.92. The van der Waals surface area contributed by atoms with Crippen LogP contribution in [0.1, 0.15) is 12.0 Å². The maximum atomic E-state index is 12.3. The van der Waals surface area contributed by atoms with Crippen molar-refractivity contribution in [1.29, 1.82) is 0 Å². The van der Waals surface area contributed by atoms with Gasteiger partial charge in [0.15, 0.2) is 0 Å². The summed E-state index contributed by atoms with van der Waals surface area (Å²) in [7, 11) is 0. The lowest BCUT2D eigenvalue weighted by Crippen LogP contribution is -2.51. The van der Waals surface area contributed by atoms with Crippen molar-refractivity contribution in [3.63, 3.8) is 0 Å². The van der Waals surface area contributed by atoms with Crippen LogP contribution in [0.2, 0.25) is 0 Å². The van der Waals surface area contributed by atoms with Gasteiger partial charge in [0.25, 0.3) is 0 Å². The predicted octanol–water partition coefficient (Wildman–Crippen LogP) is 2.16. The molecule has 0 aliphatic carbocycles. The molecule has 0 spiro atoms. The predicted molar refractivity (Wildman–Crippen MR) is 99.0 cm³/mol. The molecule has 126 valence electrons. The van der Waals surface area contributed by atoms with Gasteiger partial charge < -0.3 is 15.1 Å². The highest BCUT2D eigenvalue weighted by Gasteiger charge is 2.23. The molecule has 5 nitrogen and oxygen atoms in total. The van der Waals surface area contributed by atoms with Crippen molar-refractivity contribution in [1.82, 2.24) is 9.80 Å². The Morgan fingerprint density at radius 2 is 1.78 bits per heavy atom. The number of benzene rings is 1. The largest absolute Gasteiger partial charge is 0.376 e. The molecule has 0 radical (unpaired) electrons. The SMILES string of the molecule is Cc1cc(Br)ccc1NCC(=O)N1CCN(C(=O)CCS)CC1. The third-order valence-electron chi connectivity index (χ3n) is 3.93. The summed E-state index contributed by atoms with van der Waals surface area (Å²) >= 11 is 7.51. The average molecular weight is 400 g/mol. The number of nitrogens with zero attached hydrogens (tertiary/aromatic N) is 2. The van der Waals surface area contributed by atoms with E-state index in [0.717, 1.165) is 15.7 Å². The normalized spacial score (nSPS) is 14.7. The van der Waals surface area contributed by atoms with Crippen LogP contribution in [0.3, 0.4) is 0 Å². The first-order chi connectivity index (χ1) is 11.0. The number of piperazine rings is 1. The number of nitrogens with one attached hydrogen (secondary N) is 1. The first-order valence-electron chi connectivity index (χ1n) is 7.67. The van der Waals surface area contributed by atoms with Crippen LogP contribution >= 0.6 is 28.6 Å². The molecule has 1 aromatic rings. The van der Waals surface area contributed by atoms with Crippen LogP contribution in [0.4, 0.5) is 5.69 Å². The van der Waals surface area contributed by atoms with Crippen LogP contribution in [0, 0.1) is 6.92 Å². The molecule has 1 aromatic carbocycles. The van der Waals surface area contributed by atoms with Crippen molar-refractivity contribution in [2.45, 2.75) is 13.3 Å². The van der Waals surface area contributed by atoms with Gasteiger partial charge in [0.05, 0.1) is 6.54 Å². The molecule has 2 amide bonds. The molecular formula is C16H22BrN3O2S. The summed E-state index contributed by atoms with van der Waals surface area (Å²) in [5.41, 5.74) is 2.05. The Morgan fingerprint density at radius 3 is 2.35 bits per heavy atom. The number of hydrogen-bond acceptors (Lipinski definition) is 4. The Balaban J connectivity index is 1.80. The molecule has 0 atom stereocenters. The highest BCUT2D eigenvalue weighted by Crippen LogP contribution is 2.19. The number of amides is 2. The molecule has 1 heterocycles. The van der Waals surface area contributed by atoms with E-state index in [4.69, 9.17) is 0 Å². The fourth-order valence-electron chi connectivity index (χ4n) is 2.57. The van der Waals surface area contributed by atoms with E-state index in [9.17, 15) is 9.59 Å². The zero-order valence-corrected chi connectivity index (χ0v) is 15.7. The number of thiol groups is 1. The van der Waals surface area contributed by atoms with Crippen molar-refractivity contribution < 1.29 is 9.59 Å². The molecule has 0 saturated carbocycles. The Bertz CT molecular complexity index is 574. The number of hydrogen-bond donors (Lipinski definition) is 2. The molecular weight excluding hydrogens is 378 g/mol. The highest BCUT2D eigenvalue weighted by molar-refractivity contribution is 9.10. The Morgan fingerprint density at radius 1 is 1.17 bits per heavy atom. The van der Waals surface area contributed by atoms with E-state index < -0.39 is 0 Å². The second-order valence-electron chi connectivity index (χ2n) is 5.55. The quantitative estimate of drug-likeness (QED) is 0.745. The van der Waals surface area contributed by atoms with Gasteiger partial charge in [-0.15, -0.1) is 0 Å². The first-order valence-corrected chi connectivity index (χ1v) is 9.10. The average Bonchev–Trinajstić information content (AvgIpc) is 2.54. The van der Waals surface area contributed by atoms with Crippen molar-refractivity contribution in [2.75, 3.05) is 43.8 Å². The summed E-state index contributed by atoms with van der Waals surface area (Å²) in [5, 5.41) is 3.19. The Labute approximate surface area is 150 Å². The fraction of sp³-hybridized carbons (Fsp3) is 0.500. The maximum Gasteiger partial charge on any atom is 0.241 e. The van der Waals surface area contributed by atoms with Crippen molar-refractivity contribution in [3.8, 4) is 0 Å². The van der Waals surface area contributed by atoms with Gasteiger partial charge in [0, 0.05) is 42.8 Å². The third kappa shape index (κ3) is 5.14. The fourth-order valence-corrected chi connectivity index (χ4v) is 3.23. The molecule has 1 aliphatic rings. The van der Waals surface area contributed by atoms with Crippen molar-refractivity contribution >= 4 is 46.1 Å². The van der Waals surface area contributed by atoms with E-state index in [1.54, 1.807) is 0 Å². The molecule has 1 N–H and O–H groups in total. The first kappa shape index (κ1) is 18.1. The van der Waals surface area contributed by atoms with Crippen LogP contribution in [0.25, 0.3) is 0 Å². The number of halogens is 1. The van der Waals surface area contributed by atoms with Gasteiger partial charge in [-0.2, -0.15) is 12.6 Å². The van der Waals surface area contributed by atoms with Gasteiger partial charge in [-0.3, -0.25) is 9.59 Å². The van der Waals surface area contributed by atoms with Crippen molar-refractivity contribution in [2.24, 2.45) is 0 Å². The van der Waals surface area contributed by atoms with Crippen LogP contribution in [-0.4, -0.2) is 60.1 Å². The molecule has 0 unspecified atom stereocenters. The molecule has 7 heteroatoms. The minimum Gasteiger partial charge on any atom is -0.376 e. The molecule has 2 rings (SSSR count). The van der Waals surface area contributed by atoms with Crippen LogP contribution < -0.4 is 5.32 Å². The van der Waals surface area contributed by atoms with Crippen LogP contribution in [0.5, 0.6) is 0 Å². The van der Waals surface area contributed by atoms with Gasteiger partial charge in [0.2, 0.25) is 11.8 Å². The maximum absolute atomic E-state index is 12.3. The Kier molecular flexibility index (Phi) is 6.77. The summed E-state index contributed by atoms with van der Waals surface area (Å²) in [5.74, 6) is 0.748. The van der Waals surface area contributed by atoms with E-state index in [-0.39, 0.29) is 18.4 Å². The monoisotopic (exact) mass is 399 g/mol. The number of aryl methyl sites for hydroxylation is 1. The lowest BCUT2D eigenvalue weighted by molar-refractivity contribution is -0.138. The molecule has 1 aliphatic heterocycles. The van der Waals surface area contributed by atoms with Gasteiger partial charge in [0.1, 0.15) is 0 Å². The summed E-state index contributed by atoms with van der Waals surface area (Å²) in [6.45, 7) is 4.68. The van der Waals surface area contributed by atoms with Crippen LogP contribution in [0.15, 0.2) is 22.7 Å². The van der Waals surface area contributed by atoms with Crippen molar-refractivity contribution in [3.05, 3.63) is 28.2 Å².